The zero-order valence-corrected chi connectivity index (χ0v) is 10.9. The quantitative estimate of drug-likeness (QED) is 0.756. The third kappa shape index (κ3) is 2.14. The van der Waals surface area contributed by atoms with Crippen LogP contribution in [0.4, 0.5) is 5.69 Å². The van der Waals surface area contributed by atoms with Gasteiger partial charge in [-0.15, -0.1) is 11.8 Å². The van der Waals surface area contributed by atoms with Gasteiger partial charge in [-0.2, -0.15) is 0 Å². The molecule has 2 aromatic rings. The number of nitrogens with zero attached hydrogens (tertiary/aromatic N) is 1. The smallest absolute Gasteiger partial charge is 0.221 e. The van der Waals surface area contributed by atoms with Gasteiger partial charge in [0.25, 0.3) is 0 Å². The standard InChI is InChI=1S/C15H13NOS/c1-18-13-8-6-11(7-9-13)15-16-14-5-3-2-4-12(14)10-17-15/h2-9H,10H2,1H3. The molecular formula is C15H13NOS. The van der Waals surface area contributed by atoms with E-state index in [0.29, 0.717) is 12.5 Å². The van der Waals surface area contributed by atoms with Crippen LogP contribution in [0.1, 0.15) is 11.1 Å². The van der Waals surface area contributed by atoms with Crippen LogP contribution in [0.25, 0.3) is 0 Å². The Hall–Kier alpha value is -1.74. The average molecular weight is 255 g/mol. The fraction of sp³-hybridized carbons (Fsp3) is 0.133. The molecule has 1 heterocycles. The van der Waals surface area contributed by atoms with Gasteiger partial charge in [0, 0.05) is 16.0 Å². The first-order valence-electron chi connectivity index (χ1n) is 5.80. The molecule has 0 radical (unpaired) electrons. The molecule has 0 amide bonds. The molecule has 18 heavy (non-hydrogen) atoms. The van der Waals surface area contributed by atoms with E-state index < -0.39 is 0 Å². The monoisotopic (exact) mass is 255 g/mol. The van der Waals surface area contributed by atoms with Gasteiger partial charge in [-0.3, -0.25) is 0 Å². The highest BCUT2D eigenvalue weighted by Crippen LogP contribution is 2.26. The van der Waals surface area contributed by atoms with Crippen molar-refractivity contribution >= 4 is 23.3 Å². The molecule has 0 aliphatic carbocycles. The number of rotatable bonds is 2. The number of aliphatic imine (C=N–C) groups is 1. The second-order valence-electron chi connectivity index (χ2n) is 4.06. The number of thioether (sulfide) groups is 1. The van der Waals surface area contributed by atoms with Crippen molar-refractivity contribution in [3.63, 3.8) is 0 Å². The largest absolute Gasteiger partial charge is 0.472 e. The molecule has 2 aromatic carbocycles. The molecule has 0 atom stereocenters. The fourth-order valence-electron chi connectivity index (χ4n) is 1.91. The van der Waals surface area contributed by atoms with E-state index in [9.17, 15) is 0 Å². The van der Waals surface area contributed by atoms with Gasteiger partial charge >= 0.3 is 0 Å². The Kier molecular flexibility index (Phi) is 3.07. The van der Waals surface area contributed by atoms with Crippen LogP contribution >= 0.6 is 11.8 Å². The van der Waals surface area contributed by atoms with E-state index in [4.69, 9.17) is 4.74 Å². The summed E-state index contributed by atoms with van der Waals surface area (Å²) in [4.78, 5) is 5.80. The van der Waals surface area contributed by atoms with Gasteiger partial charge < -0.3 is 4.74 Å². The molecule has 3 rings (SSSR count). The maximum absolute atomic E-state index is 5.71. The van der Waals surface area contributed by atoms with Crippen molar-refractivity contribution in [1.82, 2.24) is 0 Å². The zero-order valence-electron chi connectivity index (χ0n) is 10.1. The lowest BCUT2D eigenvalue weighted by Crippen LogP contribution is -2.10. The van der Waals surface area contributed by atoms with E-state index in [-0.39, 0.29) is 0 Å². The topological polar surface area (TPSA) is 21.6 Å². The zero-order chi connectivity index (χ0) is 12.4. The molecule has 0 saturated carbocycles. The minimum atomic E-state index is 0.597. The lowest BCUT2D eigenvalue weighted by Gasteiger charge is -2.16. The van der Waals surface area contributed by atoms with Crippen molar-refractivity contribution in [1.29, 1.82) is 0 Å². The van der Waals surface area contributed by atoms with Crippen molar-refractivity contribution in [2.45, 2.75) is 11.5 Å². The van der Waals surface area contributed by atoms with Crippen LogP contribution in [0.2, 0.25) is 0 Å². The molecule has 3 heteroatoms. The first-order chi connectivity index (χ1) is 8.86. The predicted molar refractivity (Wildman–Crippen MR) is 75.7 cm³/mol. The summed E-state index contributed by atoms with van der Waals surface area (Å²) in [6, 6.07) is 16.4. The number of hydrogen-bond donors (Lipinski definition) is 0. The highest BCUT2D eigenvalue weighted by Gasteiger charge is 2.13. The molecule has 0 spiro atoms. The van der Waals surface area contributed by atoms with Crippen LogP contribution in [0.15, 0.2) is 58.4 Å². The first-order valence-corrected chi connectivity index (χ1v) is 7.03. The lowest BCUT2D eigenvalue weighted by atomic mass is 10.1. The van der Waals surface area contributed by atoms with Crippen molar-refractivity contribution < 1.29 is 4.74 Å². The van der Waals surface area contributed by atoms with E-state index in [1.54, 1.807) is 11.8 Å². The Labute approximate surface area is 111 Å². The van der Waals surface area contributed by atoms with E-state index in [2.05, 4.69) is 35.5 Å². The van der Waals surface area contributed by atoms with Crippen molar-refractivity contribution in [2.75, 3.05) is 6.26 Å². The molecule has 0 unspecified atom stereocenters. The average Bonchev–Trinajstić information content (AvgIpc) is 2.47. The van der Waals surface area contributed by atoms with Gasteiger partial charge in [-0.25, -0.2) is 4.99 Å². The molecule has 0 aromatic heterocycles. The summed E-state index contributed by atoms with van der Waals surface area (Å²) in [6.45, 7) is 0.597. The summed E-state index contributed by atoms with van der Waals surface area (Å²) in [6.07, 6.45) is 2.07. The second-order valence-corrected chi connectivity index (χ2v) is 4.94. The summed E-state index contributed by atoms with van der Waals surface area (Å²) >= 11 is 1.73. The lowest BCUT2D eigenvalue weighted by molar-refractivity contribution is 0.288. The third-order valence-electron chi connectivity index (χ3n) is 2.91. The summed E-state index contributed by atoms with van der Waals surface area (Å²) in [5, 5.41) is 0. The van der Waals surface area contributed by atoms with Gasteiger partial charge in [0.1, 0.15) is 6.61 Å². The van der Waals surface area contributed by atoms with E-state index in [1.165, 1.54) is 4.90 Å². The molecule has 0 N–H and O–H groups in total. The number of benzene rings is 2. The molecule has 1 aliphatic rings. The van der Waals surface area contributed by atoms with Crippen molar-refractivity contribution in [3.05, 3.63) is 59.7 Å². The Balaban J connectivity index is 1.96. The van der Waals surface area contributed by atoms with Gasteiger partial charge in [0.2, 0.25) is 5.90 Å². The molecule has 1 aliphatic heterocycles. The fourth-order valence-corrected chi connectivity index (χ4v) is 2.32. The summed E-state index contributed by atoms with van der Waals surface area (Å²) in [5.74, 6) is 0.710. The summed E-state index contributed by atoms with van der Waals surface area (Å²) < 4.78 is 5.71. The number of para-hydroxylation sites is 1. The Bertz CT molecular complexity index is 590. The maximum Gasteiger partial charge on any atom is 0.221 e. The highest BCUT2D eigenvalue weighted by molar-refractivity contribution is 7.98. The van der Waals surface area contributed by atoms with E-state index >= 15 is 0 Å². The SMILES string of the molecule is CSc1ccc(C2=Nc3ccccc3CO2)cc1. The van der Waals surface area contributed by atoms with Gasteiger partial charge in [-0.1, -0.05) is 18.2 Å². The van der Waals surface area contributed by atoms with Crippen LogP contribution in [0.5, 0.6) is 0 Å². The van der Waals surface area contributed by atoms with E-state index in [0.717, 1.165) is 16.8 Å². The Morgan fingerprint density at radius 3 is 2.61 bits per heavy atom. The van der Waals surface area contributed by atoms with Crippen molar-refractivity contribution in [2.24, 2.45) is 4.99 Å². The molecule has 0 saturated heterocycles. The molecule has 0 bridgehead atoms. The molecular weight excluding hydrogens is 242 g/mol. The Morgan fingerprint density at radius 1 is 1.06 bits per heavy atom. The van der Waals surface area contributed by atoms with Crippen LogP contribution in [0.3, 0.4) is 0 Å². The summed E-state index contributed by atoms with van der Waals surface area (Å²) in [7, 11) is 0. The van der Waals surface area contributed by atoms with Crippen LogP contribution in [-0.2, 0) is 11.3 Å². The molecule has 90 valence electrons. The van der Waals surface area contributed by atoms with Crippen molar-refractivity contribution in [3.8, 4) is 0 Å². The van der Waals surface area contributed by atoms with Gasteiger partial charge in [-0.05, 0) is 36.6 Å². The minimum Gasteiger partial charge on any atom is -0.472 e. The summed E-state index contributed by atoms with van der Waals surface area (Å²) in [5.41, 5.74) is 3.18. The van der Waals surface area contributed by atoms with Crippen LogP contribution in [0, 0.1) is 0 Å². The third-order valence-corrected chi connectivity index (χ3v) is 3.66. The normalized spacial score (nSPS) is 13.5. The maximum atomic E-state index is 5.71. The Morgan fingerprint density at radius 2 is 1.83 bits per heavy atom. The highest BCUT2D eigenvalue weighted by atomic mass is 32.2. The second kappa shape index (κ2) is 4.86. The number of fused-ring (bicyclic) bond motifs is 1. The predicted octanol–water partition coefficient (Wildman–Crippen LogP) is 4.02. The van der Waals surface area contributed by atoms with Crippen LogP contribution < -0.4 is 0 Å². The van der Waals surface area contributed by atoms with E-state index in [1.807, 2.05) is 24.3 Å². The number of hydrogen-bond acceptors (Lipinski definition) is 3. The molecule has 0 fully saturated rings. The minimum absolute atomic E-state index is 0.597. The first kappa shape index (κ1) is 11.4. The van der Waals surface area contributed by atoms with Gasteiger partial charge in [0.15, 0.2) is 0 Å². The van der Waals surface area contributed by atoms with Crippen LogP contribution in [-0.4, -0.2) is 12.2 Å². The number of ether oxygens (including phenoxy) is 1. The van der Waals surface area contributed by atoms with Gasteiger partial charge in [0.05, 0.1) is 5.69 Å². The molecule has 2 nitrogen and oxygen atoms in total.